The smallest absolute Gasteiger partial charge is 0.242 e. The summed E-state index contributed by atoms with van der Waals surface area (Å²) < 4.78 is 5.80. The van der Waals surface area contributed by atoms with Gasteiger partial charge in [-0.15, -0.1) is 0 Å². The van der Waals surface area contributed by atoms with Crippen LogP contribution in [0.3, 0.4) is 0 Å². The van der Waals surface area contributed by atoms with Crippen LogP contribution in [0.2, 0.25) is 0 Å². The molecule has 1 aromatic carbocycles. The van der Waals surface area contributed by atoms with Crippen molar-refractivity contribution < 1.29 is 14.3 Å². The number of aryl methyl sites for hydroxylation is 1. The van der Waals surface area contributed by atoms with Crippen LogP contribution in [-0.4, -0.2) is 61.6 Å². The number of carbonyl (C=O) groups is 2. The Labute approximate surface area is 206 Å². The fourth-order valence-corrected chi connectivity index (χ4v) is 5.27. The van der Waals surface area contributed by atoms with Gasteiger partial charge in [-0.25, -0.2) is 0 Å². The number of likely N-dealkylation sites (tertiary alicyclic amines) is 1. The van der Waals surface area contributed by atoms with Crippen molar-refractivity contribution in [1.82, 2.24) is 15.5 Å². The summed E-state index contributed by atoms with van der Waals surface area (Å²) in [6.45, 7) is 10.3. The van der Waals surface area contributed by atoms with Gasteiger partial charge in [-0.05, 0) is 83.0 Å². The number of nitrogens with zero attached hydrogens (tertiary/aromatic N) is 1. The number of carbonyl (C=O) groups excluding carboxylic acids is 2. The van der Waals surface area contributed by atoms with Crippen LogP contribution in [0.1, 0.15) is 71.3 Å². The second kappa shape index (κ2) is 13.2. The normalized spacial score (nSPS) is 25.2. The molecule has 2 aliphatic heterocycles. The molecule has 0 aromatic heterocycles. The molecule has 0 saturated carbocycles. The van der Waals surface area contributed by atoms with E-state index in [0.717, 1.165) is 64.6 Å². The van der Waals surface area contributed by atoms with Crippen LogP contribution >= 0.6 is 0 Å². The van der Waals surface area contributed by atoms with E-state index in [-0.39, 0.29) is 23.3 Å². The molecule has 2 fully saturated rings. The number of amides is 2. The molecule has 0 radical (unpaired) electrons. The molecule has 2 amide bonds. The van der Waals surface area contributed by atoms with Gasteiger partial charge in [0.1, 0.15) is 6.04 Å². The highest BCUT2D eigenvalue weighted by Crippen LogP contribution is 2.37. The summed E-state index contributed by atoms with van der Waals surface area (Å²) in [5.41, 5.74) is 1.00. The molecule has 34 heavy (non-hydrogen) atoms. The van der Waals surface area contributed by atoms with Gasteiger partial charge in [0.25, 0.3) is 0 Å². The van der Waals surface area contributed by atoms with E-state index in [0.29, 0.717) is 25.6 Å². The lowest BCUT2D eigenvalue weighted by molar-refractivity contribution is -0.138. The Bertz CT molecular complexity index is 759. The molecule has 0 unspecified atom stereocenters. The molecular formula is C28H45N3O3. The van der Waals surface area contributed by atoms with E-state index in [1.54, 1.807) is 0 Å². The lowest BCUT2D eigenvalue weighted by Gasteiger charge is -2.41. The molecule has 1 aromatic rings. The molecule has 2 aliphatic rings. The zero-order valence-electron chi connectivity index (χ0n) is 21.5. The summed E-state index contributed by atoms with van der Waals surface area (Å²) in [5.74, 6) is 0.302. The molecular weight excluding hydrogens is 426 g/mol. The van der Waals surface area contributed by atoms with Crippen molar-refractivity contribution in [1.29, 1.82) is 0 Å². The van der Waals surface area contributed by atoms with Gasteiger partial charge in [0, 0.05) is 12.6 Å². The minimum atomic E-state index is -0.489. The third-order valence-corrected chi connectivity index (χ3v) is 7.36. The largest absolute Gasteiger partial charge is 0.379 e. The maximum atomic E-state index is 13.7. The van der Waals surface area contributed by atoms with E-state index < -0.39 is 6.04 Å². The van der Waals surface area contributed by atoms with Crippen LogP contribution in [0.15, 0.2) is 30.3 Å². The number of benzene rings is 1. The van der Waals surface area contributed by atoms with Gasteiger partial charge < -0.3 is 20.3 Å². The number of ether oxygens (including phenoxy) is 1. The van der Waals surface area contributed by atoms with Crippen LogP contribution in [0.5, 0.6) is 0 Å². The summed E-state index contributed by atoms with van der Waals surface area (Å²) in [5, 5.41) is 6.23. The van der Waals surface area contributed by atoms with E-state index in [1.807, 2.05) is 6.92 Å². The molecule has 2 atom stereocenters. The SMILES string of the molecule is CC(C)C[C@@H]1NC(=O)C2(CCCCOC[C@@H](C)NC1=O)CCN(CCCc1ccccc1)CC2. The quantitative estimate of drug-likeness (QED) is 0.659. The van der Waals surface area contributed by atoms with Crippen molar-refractivity contribution in [2.24, 2.45) is 11.3 Å². The highest BCUT2D eigenvalue weighted by molar-refractivity contribution is 5.90. The highest BCUT2D eigenvalue weighted by atomic mass is 16.5. The minimum Gasteiger partial charge on any atom is -0.379 e. The summed E-state index contributed by atoms with van der Waals surface area (Å²) in [6.07, 6.45) is 7.38. The van der Waals surface area contributed by atoms with Crippen LogP contribution in [-0.2, 0) is 20.7 Å². The lowest BCUT2D eigenvalue weighted by Crippen LogP contribution is -2.55. The first kappa shape index (κ1) is 26.7. The van der Waals surface area contributed by atoms with Crippen molar-refractivity contribution in [3.05, 3.63) is 35.9 Å². The monoisotopic (exact) mass is 471 g/mol. The van der Waals surface area contributed by atoms with Crippen LogP contribution in [0, 0.1) is 11.3 Å². The third-order valence-electron chi connectivity index (χ3n) is 7.36. The fourth-order valence-electron chi connectivity index (χ4n) is 5.27. The number of nitrogens with one attached hydrogen (secondary N) is 2. The summed E-state index contributed by atoms with van der Waals surface area (Å²) >= 11 is 0. The molecule has 6 heteroatoms. The second-order valence-corrected chi connectivity index (χ2v) is 10.8. The summed E-state index contributed by atoms with van der Waals surface area (Å²) in [4.78, 5) is 29.2. The number of hydrogen-bond acceptors (Lipinski definition) is 4. The average Bonchev–Trinajstić information content (AvgIpc) is 2.82. The first-order valence-electron chi connectivity index (χ1n) is 13.3. The molecule has 190 valence electrons. The van der Waals surface area contributed by atoms with E-state index in [4.69, 9.17) is 4.74 Å². The Kier molecular flexibility index (Phi) is 10.4. The first-order valence-corrected chi connectivity index (χ1v) is 13.3. The second-order valence-electron chi connectivity index (χ2n) is 10.8. The highest BCUT2D eigenvalue weighted by Gasteiger charge is 2.42. The molecule has 6 nitrogen and oxygen atoms in total. The van der Waals surface area contributed by atoms with Gasteiger partial charge in [0.15, 0.2) is 0 Å². The zero-order chi connectivity index (χ0) is 24.4. The number of rotatable bonds is 6. The average molecular weight is 472 g/mol. The maximum Gasteiger partial charge on any atom is 0.242 e. The van der Waals surface area contributed by atoms with E-state index >= 15 is 0 Å². The van der Waals surface area contributed by atoms with Gasteiger partial charge >= 0.3 is 0 Å². The Morgan fingerprint density at radius 2 is 1.79 bits per heavy atom. The molecule has 0 bridgehead atoms. The Hall–Kier alpha value is -1.92. The van der Waals surface area contributed by atoms with E-state index in [2.05, 4.69) is 59.7 Å². The van der Waals surface area contributed by atoms with Crippen molar-refractivity contribution in [3.63, 3.8) is 0 Å². The van der Waals surface area contributed by atoms with Crippen molar-refractivity contribution in [3.8, 4) is 0 Å². The molecule has 0 aliphatic carbocycles. The number of hydrogen-bond donors (Lipinski definition) is 2. The Morgan fingerprint density at radius 3 is 2.50 bits per heavy atom. The topological polar surface area (TPSA) is 70.7 Å². The third kappa shape index (κ3) is 8.09. The van der Waals surface area contributed by atoms with Gasteiger partial charge in [0.2, 0.25) is 11.8 Å². The van der Waals surface area contributed by atoms with Gasteiger partial charge in [-0.1, -0.05) is 50.6 Å². The van der Waals surface area contributed by atoms with Crippen LogP contribution < -0.4 is 10.6 Å². The first-order chi connectivity index (χ1) is 16.4. The van der Waals surface area contributed by atoms with Crippen LogP contribution in [0.25, 0.3) is 0 Å². The standard InChI is InChI=1S/C28H45N3O3/c1-22(2)20-25-26(32)29-23(3)21-34-19-8-7-13-28(27(33)30-25)14-17-31(18-15-28)16-9-12-24-10-5-4-6-11-24/h4-6,10-11,22-23,25H,7-9,12-21H2,1-3H3,(H,29,32)(H,30,33)/t23-,25+/m1/s1. The van der Waals surface area contributed by atoms with Crippen molar-refractivity contribution in [2.75, 3.05) is 32.8 Å². The van der Waals surface area contributed by atoms with Crippen molar-refractivity contribution >= 4 is 11.8 Å². The zero-order valence-corrected chi connectivity index (χ0v) is 21.5. The minimum absolute atomic E-state index is 0.0621. The van der Waals surface area contributed by atoms with Crippen LogP contribution in [0.4, 0.5) is 0 Å². The molecule has 2 N–H and O–H groups in total. The number of piperidine rings is 1. The molecule has 2 saturated heterocycles. The van der Waals surface area contributed by atoms with E-state index in [9.17, 15) is 9.59 Å². The molecule has 1 spiro atoms. The molecule has 3 rings (SSSR count). The predicted molar refractivity (Wildman–Crippen MR) is 137 cm³/mol. The van der Waals surface area contributed by atoms with Gasteiger partial charge in [0.05, 0.1) is 12.0 Å². The van der Waals surface area contributed by atoms with Crippen molar-refractivity contribution in [2.45, 2.75) is 84.2 Å². The fraction of sp³-hybridized carbons (Fsp3) is 0.714. The maximum absolute atomic E-state index is 13.7. The summed E-state index contributed by atoms with van der Waals surface area (Å²) in [6, 6.07) is 10.1. The molecule has 2 heterocycles. The van der Waals surface area contributed by atoms with E-state index in [1.165, 1.54) is 5.56 Å². The van der Waals surface area contributed by atoms with Gasteiger partial charge in [-0.2, -0.15) is 0 Å². The summed E-state index contributed by atoms with van der Waals surface area (Å²) in [7, 11) is 0. The predicted octanol–water partition coefficient (Wildman–Crippen LogP) is 3.94. The Morgan fingerprint density at radius 1 is 1.06 bits per heavy atom. The Balaban J connectivity index is 1.62. The van der Waals surface area contributed by atoms with Gasteiger partial charge in [-0.3, -0.25) is 9.59 Å². The lowest BCUT2D eigenvalue weighted by atomic mass is 9.73.